The summed E-state index contributed by atoms with van der Waals surface area (Å²) in [6.07, 6.45) is 1.52. The molecule has 0 radical (unpaired) electrons. The van der Waals surface area contributed by atoms with Crippen LogP contribution in [0.4, 0.5) is 4.39 Å². The maximum atomic E-state index is 12.9. The third-order valence-electron chi connectivity index (χ3n) is 1.42. The first-order chi connectivity index (χ1) is 5.24. The Labute approximate surface area is 65.6 Å². The Kier molecular flexibility index (Phi) is 2.36. The molecule has 0 aliphatic carbocycles. The molecule has 1 rings (SSSR count). The standard InChI is InChI=1S/C9H10FN/c1-7-3-4-9(10)8(5-7)6-11-2/h3-6H,1-2H3. The van der Waals surface area contributed by atoms with Gasteiger partial charge in [-0.2, -0.15) is 0 Å². The van der Waals surface area contributed by atoms with Crippen LogP contribution in [0.15, 0.2) is 23.2 Å². The first-order valence-corrected chi connectivity index (χ1v) is 3.42. The van der Waals surface area contributed by atoms with Gasteiger partial charge in [-0.25, -0.2) is 4.39 Å². The minimum absolute atomic E-state index is 0.221. The van der Waals surface area contributed by atoms with E-state index in [9.17, 15) is 4.39 Å². The van der Waals surface area contributed by atoms with Crippen molar-refractivity contribution in [2.45, 2.75) is 6.92 Å². The van der Waals surface area contributed by atoms with E-state index in [1.807, 2.05) is 6.92 Å². The summed E-state index contributed by atoms with van der Waals surface area (Å²) in [5.74, 6) is -0.221. The fourth-order valence-corrected chi connectivity index (χ4v) is 0.901. The zero-order chi connectivity index (χ0) is 8.27. The van der Waals surface area contributed by atoms with Gasteiger partial charge >= 0.3 is 0 Å². The molecule has 0 fully saturated rings. The average molecular weight is 151 g/mol. The van der Waals surface area contributed by atoms with Crippen LogP contribution >= 0.6 is 0 Å². The van der Waals surface area contributed by atoms with Gasteiger partial charge in [-0.15, -0.1) is 0 Å². The Morgan fingerprint density at radius 3 is 2.82 bits per heavy atom. The first kappa shape index (κ1) is 7.92. The van der Waals surface area contributed by atoms with Crippen molar-refractivity contribution in [2.75, 3.05) is 7.05 Å². The molecule has 58 valence electrons. The highest BCUT2D eigenvalue weighted by molar-refractivity contribution is 5.80. The van der Waals surface area contributed by atoms with E-state index >= 15 is 0 Å². The Bertz CT molecular complexity index is 279. The number of nitrogens with zero attached hydrogens (tertiary/aromatic N) is 1. The van der Waals surface area contributed by atoms with Crippen molar-refractivity contribution in [2.24, 2.45) is 4.99 Å². The van der Waals surface area contributed by atoms with Gasteiger partial charge in [0.05, 0.1) is 0 Å². The summed E-state index contributed by atoms with van der Waals surface area (Å²) in [6.45, 7) is 1.92. The highest BCUT2D eigenvalue weighted by atomic mass is 19.1. The van der Waals surface area contributed by atoms with Crippen molar-refractivity contribution in [3.8, 4) is 0 Å². The summed E-state index contributed by atoms with van der Waals surface area (Å²) < 4.78 is 12.9. The van der Waals surface area contributed by atoms with Gasteiger partial charge in [0.25, 0.3) is 0 Å². The molecule has 0 atom stereocenters. The molecule has 0 unspecified atom stereocenters. The van der Waals surface area contributed by atoms with Crippen molar-refractivity contribution in [3.63, 3.8) is 0 Å². The topological polar surface area (TPSA) is 12.4 Å². The van der Waals surface area contributed by atoms with E-state index in [1.54, 1.807) is 19.2 Å². The molecule has 0 amide bonds. The lowest BCUT2D eigenvalue weighted by Gasteiger charge is -1.96. The molecule has 0 saturated carbocycles. The number of halogens is 1. The highest BCUT2D eigenvalue weighted by Crippen LogP contribution is 2.06. The van der Waals surface area contributed by atoms with Crippen molar-refractivity contribution >= 4 is 6.21 Å². The Hall–Kier alpha value is -1.18. The summed E-state index contributed by atoms with van der Waals surface area (Å²) in [4.78, 5) is 3.74. The predicted molar refractivity (Wildman–Crippen MR) is 44.7 cm³/mol. The molecule has 2 heteroatoms. The Morgan fingerprint density at radius 2 is 2.18 bits per heavy atom. The minimum Gasteiger partial charge on any atom is -0.296 e. The third-order valence-corrected chi connectivity index (χ3v) is 1.42. The maximum absolute atomic E-state index is 12.9. The summed E-state index contributed by atoms with van der Waals surface area (Å²) in [6, 6.07) is 4.96. The minimum atomic E-state index is -0.221. The van der Waals surface area contributed by atoms with Gasteiger partial charge in [-0.1, -0.05) is 11.6 Å². The van der Waals surface area contributed by atoms with Crippen molar-refractivity contribution < 1.29 is 4.39 Å². The smallest absolute Gasteiger partial charge is 0.131 e. The van der Waals surface area contributed by atoms with E-state index < -0.39 is 0 Å². The lowest BCUT2D eigenvalue weighted by atomic mass is 10.1. The molecule has 0 aliphatic heterocycles. The van der Waals surface area contributed by atoms with Gasteiger partial charge in [0.15, 0.2) is 0 Å². The first-order valence-electron chi connectivity index (χ1n) is 3.42. The summed E-state index contributed by atoms with van der Waals surface area (Å²) in [7, 11) is 1.63. The number of rotatable bonds is 1. The van der Waals surface area contributed by atoms with Crippen molar-refractivity contribution in [1.82, 2.24) is 0 Å². The number of hydrogen-bond donors (Lipinski definition) is 0. The van der Waals surface area contributed by atoms with Gasteiger partial charge < -0.3 is 0 Å². The van der Waals surface area contributed by atoms with E-state index in [1.165, 1.54) is 12.3 Å². The molecule has 0 saturated heterocycles. The van der Waals surface area contributed by atoms with Crippen LogP contribution in [0.5, 0.6) is 0 Å². The van der Waals surface area contributed by atoms with Crippen molar-refractivity contribution in [3.05, 3.63) is 35.1 Å². The lowest BCUT2D eigenvalue weighted by molar-refractivity contribution is 0.625. The SMILES string of the molecule is CN=Cc1cc(C)ccc1F. The zero-order valence-corrected chi connectivity index (χ0v) is 6.63. The molecular weight excluding hydrogens is 141 g/mol. The quantitative estimate of drug-likeness (QED) is 0.545. The zero-order valence-electron chi connectivity index (χ0n) is 6.63. The monoisotopic (exact) mass is 151 g/mol. The van der Waals surface area contributed by atoms with Gasteiger partial charge in [-0.05, 0) is 19.1 Å². The third kappa shape index (κ3) is 1.87. The largest absolute Gasteiger partial charge is 0.296 e. The second kappa shape index (κ2) is 3.28. The number of aliphatic imine (C=N–C) groups is 1. The van der Waals surface area contributed by atoms with E-state index in [-0.39, 0.29) is 5.82 Å². The van der Waals surface area contributed by atoms with Crippen LogP contribution in [0.3, 0.4) is 0 Å². The maximum Gasteiger partial charge on any atom is 0.131 e. The van der Waals surface area contributed by atoms with Gasteiger partial charge in [-0.3, -0.25) is 4.99 Å². The molecule has 0 N–H and O–H groups in total. The molecule has 1 aromatic rings. The fraction of sp³-hybridized carbons (Fsp3) is 0.222. The molecule has 11 heavy (non-hydrogen) atoms. The van der Waals surface area contributed by atoms with Crippen LogP contribution < -0.4 is 0 Å². The lowest BCUT2D eigenvalue weighted by Crippen LogP contribution is -1.88. The summed E-state index contributed by atoms with van der Waals surface area (Å²) in [5, 5.41) is 0. The predicted octanol–water partition coefficient (Wildman–Crippen LogP) is 2.18. The van der Waals surface area contributed by atoms with Crippen LogP contribution in [-0.2, 0) is 0 Å². The second-order valence-corrected chi connectivity index (χ2v) is 2.41. The molecule has 0 bridgehead atoms. The van der Waals surface area contributed by atoms with Crippen LogP contribution in [0.1, 0.15) is 11.1 Å². The summed E-state index contributed by atoms with van der Waals surface area (Å²) >= 11 is 0. The highest BCUT2D eigenvalue weighted by Gasteiger charge is 1.96. The van der Waals surface area contributed by atoms with Crippen LogP contribution in [-0.4, -0.2) is 13.3 Å². The molecule has 1 aromatic carbocycles. The Morgan fingerprint density at radius 1 is 1.45 bits per heavy atom. The average Bonchev–Trinajstić information content (AvgIpc) is 1.98. The molecule has 0 heterocycles. The molecule has 0 aliphatic rings. The molecular formula is C9H10FN. The van der Waals surface area contributed by atoms with Gasteiger partial charge in [0, 0.05) is 18.8 Å². The van der Waals surface area contributed by atoms with E-state index in [2.05, 4.69) is 4.99 Å². The molecule has 0 spiro atoms. The van der Waals surface area contributed by atoms with Gasteiger partial charge in [0.2, 0.25) is 0 Å². The number of benzene rings is 1. The summed E-state index contributed by atoms with van der Waals surface area (Å²) in [5.41, 5.74) is 1.59. The van der Waals surface area contributed by atoms with Crippen molar-refractivity contribution in [1.29, 1.82) is 0 Å². The van der Waals surface area contributed by atoms with Crippen LogP contribution in [0.25, 0.3) is 0 Å². The molecule has 1 nitrogen and oxygen atoms in total. The number of hydrogen-bond acceptors (Lipinski definition) is 1. The van der Waals surface area contributed by atoms with E-state index in [0.717, 1.165) is 5.56 Å². The Balaban J connectivity index is 3.12. The van der Waals surface area contributed by atoms with E-state index in [4.69, 9.17) is 0 Å². The van der Waals surface area contributed by atoms with Crippen LogP contribution in [0.2, 0.25) is 0 Å². The number of aryl methyl sites for hydroxylation is 1. The molecule has 0 aromatic heterocycles. The fourth-order valence-electron chi connectivity index (χ4n) is 0.901. The van der Waals surface area contributed by atoms with Gasteiger partial charge in [0.1, 0.15) is 5.82 Å². The van der Waals surface area contributed by atoms with Crippen LogP contribution in [0, 0.1) is 12.7 Å². The second-order valence-electron chi connectivity index (χ2n) is 2.41. The normalized spacial score (nSPS) is 10.8. The van der Waals surface area contributed by atoms with E-state index in [0.29, 0.717) is 5.56 Å².